The predicted octanol–water partition coefficient (Wildman–Crippen LogP) is 3.13. The van der Waals surface area contributed by atoms with Crippen LogP contribution in [-0.4, -0.2) is 19.3 Å². The summed E-state index contributed by atoms with van der Waals surface area (Å²) >= 11 is 6.96. The number of hydrogen-bond acceptors (Lipinski definition) is 2. The Morgan fingerprint density at radius 3 is 2.93 bits per heavy atom. The van der Waals surface area contributed by atoms with Gasteiger partial charge in [-0.15, -0.1) is 0 Å². The first kappa shape index (κ1) is 10.6. The molecule has 1 aromatic carbocycles. The Hall–Kier alpha value is 0.1000. The van der Waals surface area contributed by atoms with Gasteiger partial charge in [0.1, 0.15) is 6.10 Å². The molecule has 1 atom stereocenters. The van der Waals surface area contributed by atoms with Gasteiger partial charge in [0.15, 0.2) is 0 Å². The fraction of sp³-hybridized carbons (Fsp3) is 0.400. The maximum atomic E-state index is 5.50. The van der Waals surface area contributed by atoms with Crippen molar-refractivity contribution in [3.63, 3.8) is 0 Å². The number of ether oxygens (including phenoxy) is 2. The zero-order chi connectivity index (χ0) is 9.97. The topological polar surface area (TPSA) is 21.8 Å². The van der Waals surface area contributed by atoms with E-state index in [4.69, 9.17) is 9.47 Å². The van der Waals surface area contributed by atoms with Crippen molar-refractivity contribution < 1.29 is 9.47 Å². The Morgan fingerprint density at radius 1 is 1.43 bits per heavy atom. The zero-order valence-corrected chi connectivity index (χ0v) is 10.7. The highest BCUT2D eigenvalue weighted by Crippen LogP contribution is 2.27. The van der Waals surface area contributed by atoms with Gasteiger partial charge in [-0.25, -0.2) is 0 Å². The maximum Gasteiger partial charge on any atom is 0.104 e. The molecule has 0 aromatic heterocycles. The third kappa shape index (κ3) is 2.79. The standard InChI is InChI=1S/C10H10Br2O2/c11-9-3-1-2-7(10(9)12)4-13-5-8-6-14-8/h1-3,8H,4-6H2. The van der Waals surface area contributed by atoms with Crippen molar-refractivity contribution in [2.24, 2.45) is 0 Å². The van der Waals surface area contributed by atoms with Gasteiger partial charge in [0.25, 0.3) is 0 Å². The lowest BCUT2D eigenvalue weighted by molar-refractivity contribution is 0.104. The molecule has 4 heteroatoms. The van der Waals surface area contributed by atoms with Crippen LogP contribution in [0.5, 0.6) is 0 Å². The van der Waals surface area contributed by atoms with Crippen LogP contribution in [0.2, 0.25) is 0 Å². The Labute approximate surface area is 99.8 Å². The van der Waals surface area contributed by atoms with Gasteiger partial charge in [-0.3, -0.25) is 0 Å². The molecule has 1 aliphatic rings. The van der Waals surface area contributed by atoms with Gasteiger partial charge in [0, 0.05) is 8.95 Å². The van der Waals surface area contributed by atoms with Crippen molar-refractivity contribution in [3.05, 3.63) is 32.7 Å². The first-order valence-corrected chi connectivity index (χ1v) is 5.98. The maximum absolute atomic E-state index is 5.50. The van der Waals surface area contributed by atoms with E-state index in [0.29, 0.717) is 19.3 Å². The highest BCUT2D eigenvalue weighted by molar-refractivity contribution is 9.13. The number of benzene rings is 1. The quantitative estimate of drug-likeness (QED) is 0.795. The molecule has 1 aromatic rings. The third-order valence-corrected chi connectivity index (χ3v) is 4.12. The molecule has 0 amide bonds. The van der Waals surface area contributed by atoms with Crippen LogP contribution < -0.4 is 0 Å². The zero-order valence-electron chi connectivity index (χ0n) is 7.50. The van der Waals surface area contributed by atoms with E-state index in [2.05, 4.69) is 31.9 Å². The minimum Gasteiger partial charge on any atom is -0.374 e. The van der Waals surface area contributed by atoms with E-state index in [0.717, 1.165) is 21.1 Å². The minimum atomic E-state index is 0.334. The van der Waals surface area contributed by atoms with Gasteiger partial charge in [0.05, 0.1) is 19.8 Å². The smallest absolute Gasteiger partial charge is 0.104 e. The first-order chi connectivity index (χ1) is 6.77. The Balaban J connectivity index is 1.90. The third-order valence-electron chi connectivity index (χ3n) is 2.00. The Morgan fingerprint density at radius 2 is 2.21 bits per heavy atom. The largest absolute Gasteiger partial charge is 0.374 e. The summed E-state index contributed by atoms with van der Waals surface area (Å²) in [7, 11) is 0. The second-order valence-electron chi connectivity index (χ2n) is 3.18. The molecule has 0 spiro atoms. The van der Waals surface area contributed by atoms with E-state index in [9.17, 15) is 0 Å². The number of halogens is 2. The van der Waals surface area contributed by atoms with Gasteiger partial charge in [-0.05, 0) is 43.5 Å². The van der Waals surface area contributed by atoms with E-state index >= 15 is 0 Å². The van der Waals surface area contributed by atoms with Gasteiger partial charge >= 0.3 is 0 Å². The number of epoxide rings is 1. The Kier molecular flexibility index (Phi) is 3.60. The van der Waals surface area contributed by atoms with E-state index in [1.165, 1.54) is 0 Å². The summed E-state index contributed by atoms with van der Waals surface area (Å²) in [6.07, 6.45) is 0.334. The van der Waals surface area contributed by atoms with Crippen LogP contribution in [0.25, 0.3) is 0 Å². The van der Waals surface area contributed by atoms with Gasteiger partial charge in [-0.1, -0.05) is 12.1 Å². The van der Waals surface area contributed by atoms with E-state index in [-0.39, 0.29) is 0 Å². The summed E-state index contributed by atoms with van der Waals surface area (Å²) in [4.78, 5) is 0. The number of rotatable bonds is 4. The fourth-order valence-corrected chi connectivity index (χ4v) is 1.91. The molecular formula is C10H10Br2O2. The van der Waals surface area contributed by atoms with E-state index < -0.39 is 0 Å². The summed E-state index contributed by atoms with van der Waals surface area (Å²) in [5.74, 6) is 0. The lowest BCUT2D eigenvalue weighted by Crippen LogP contribution is -2.01. The number of hydrogen-bond donors (Lipinski definition) is 0. The molecule has 1 aliphatic heterocycles. The van der Waals surface area contributed by atoms with E-state index in [1.54, 1.807) is 0 Å². The lowest BCUT2D eigenvalue weighted by atomic mass is 10.2. The van der Waals surface area contributed by atoms with Crippen molar-refractivity contribution in [3.8, 4) is 0 Å². The van der Waals surface area contributed by atoms with Crippen LogP contribution in [0.15, 0.2) is 27.1 Å². The predicted molar refractivity (Wildman–Crippen MR) is 61.2 cm³/mol. The molecule has 76 valence electrons. The molecule has 0 N–H and O–H groups in total. The van der Waals surface area contributed by atoms with Crippen LogP contribution in [0.3, 0.4) is 0 Å². The summed E-state index contributed by atoms with van der Waals surface area (Å²) in [6, 6.07) is 6.04. The molecule has 1 saturated heterocycles. The second-order valence-corrected chi connectivity index (χ2v) is 4.83. The molecule has 0 radical (unpaired) electrons. The summed E-state index contributed by atoms with van der Waals surface area (Å²) in [6.45, 7) is 2.17. The SMILES string of the molecule is Brc1cccc(COCC2CO2)c1Br. The van der Waals surface area contributed by atoms with Gasteiger partial charge < -0.3 is 9.47 Å². The van der Waals surface area contributed by atoms with Crippen molar-refractivity contribution in [2.75, 3.05) is 13.2 Å². The van der Waals surface area contributed by atoms with Gasteiger partial charge in [0.2, 0.25) is 0 Å². The van der Waals surface area contributed by atoms with Crippen molar-refractivity contribution in [1.29, 1.82) is 0 Å². The molecule has 0 aliphatic carbocycles. The van der Waals surface area contributed by atoms with Gasteiger partial charge in [-0.2, -0.15) is 0 Å². The normalized spacial score (nSPS) is 19.7. The monoisotopic (exact) mass is 320 g/mol. The highest BCUT2D eigenvalue weighted by Gasteiger charge is 2.22. The van der Waals surface area contributed by atoms with Crippen LogP contribution >= 0.6 is 31.9 Å². The summed E-state index contributed by atoms with van der Waals surface area (Å²) in [5, 5.41) is 0. The summed E-state index contributed by atoms with van der Waals surface area (Å²) < 4.78 is 12.7. The molecule has 1 unspecified atom stereocenters. The van der Waals surface area contributed by atoms with Crippen LogP contribution in [0.4, 0.5) is 0 Å². The molecule has 2 nitrogen and oxygen atoms in total. The first-order valence-electron chi connectivity index (χ1n) is 4.39. The Bertz CT molecular complexity index is 324. The molecule has 1 fully saturated rings. The average Bonchev–Trinajstić information content (AvgIpc) is 2.96. The average molecular weight is 322 g/mol. The van der Waals surface area contributed by atoms with Crippen molar-refractivity contribution in [1.82, 2.24) is 0 Å². The second kappa shape index (κ2) is 4.75. The molecular weight excluding hydrogens is 312 g/mol. The molecule has 0 saturated carbocycles. The fourth-order valence-electron chi connectivity index (χ4n) is 1.12. The molecule has 2 rings (SSSR count). The van der Waals surface area contributed by atoms with Crippen molar-refractivity contribution >= 4 is 31.9 Å². The lowest BCUT2D eigenvalue weighted by Gasteiger charge is -2.06. The van der Waals surface area contributed by atoms with Crippen molar-refractivity contribution in [2.45, 2.75) is 12.7 Å². The minimum absolute atomic E-state index is 0.334. The summed E-state index contributed by atoms with van der Waals surface area (Å²) in [5.41, 5.74) is 1.15. The highest BCUT2D eigenvalue weighted by atomic mass is 79.9. The van der Waals surface area contributed by atoms with Crippen LogP contribution in [-0.2, 0) is 16.1 Å². The molecule has 1 heterocycles. The van der Waals surface area contributed by atoms with E-state index in [1.807, 2.05) is 18.2 Å². The van der Waals surface area contributed by atoms with Crippen LogP contribution in [0.1, 0.15) is 5.56 Å². The van der Waals surface area contributed by atoms with Crippen LogP contribution in [0, 0.1) is 0 Å². The molecule has 0 bridgehead atoms. The molecule has 14 heavy (non-hydrogen) atoms.